The number of allylic oxidation sites excluding steroid dienone is 2. The molecule has 2 aromatic rings. The van der Waals surface area contributed by atoms with Gasteiger partial charge in [-0.1, -0.05) is 30.3 Å². The number of nitrogens with one attached hydrogen (secondary N) is 1. The smallest absolute Gasteiger partial charge is 0.477 e. The van der Waals surface area contributed by atoms with Crippen molar-refractivity contribution in [1.82, 2.24) is 5.32 Å². The van der Waals surface area contributed by atoms with Crippen molar-refractivity contribution in [3.05, 3.63) is 75.1 Å². The molecule has 4 nitrogen and oxygen atoms in total. The number of thiophene rings is 1. The summed E-state index contributed by atoms with van der Waals surface area (Å²) in [6.07, 6.45) is -9.16. The minimum absolute atomic E-state index is 0.0687. The normalized spacial score (nSPS) is 22.1. The average Bonchev–Trinajstić information content (AvgIpc) is 3.15. The summed E-state index contributed by atoms with van der Waals surface area (Å²) in [6, 6.07) is 7.31. The Labute approximate surface area is 174 Å². The van der Waals surface area contributed by atoms with Crippen LogP contribution in [-0.2, 0) is 11.3 Å². The van der Waals surface area contributed by atoms with Crippen LogP contribution in [0.5, 0.6) is 0 Å². The Kier molecular flexibility index (Phi) is 6.14. The molecule has 0 radical (unpaired) electrons. The topological polar surface area (TPSA) is 58.6 Å². The van der Waals surface area contributed by atoms with E-state index in [2.05, 4.69) is 4.74 Å². The number of carboxylic acids is 1. The van der Waals surface area contributed by atoms with Gasteiger partial charge in [0.05, 0.1) is 0 Å². The van der Waals surface area contributed by atoms with E-state index in [9.17, 15) is 26.7 Å². The zero-order valence-electron chi connectivity index (χ0n) is 15.1. The molecule has 0 saturated carbocycles. The molecule has 0 spiro atoms. The predicted molar refractivity (Wildman–Crippen MR) is 96.6 cm³/mol. The van der Waals surface area contributed by atoms with Crippen LogP contribution in [0.1, 0.15) is 20.8 Å². The van der Waals surface area contributed by atoms with Crippen LogP contribution in [0.2, 0.25) is 0 Å². The molecular formula is C19H12F7NO3S. The van der Waals surface area contributed by atoms with E-state index in [1.807, 2.05) is 5.32 Å². The number of alkyl halides is 5. The molecule has 0 amide bonds. The monoisotopic (exact) mass is 467 g/mol. The second-order valence-electron chi connectivity index (χ2n) is 6.27. The first kappa shape index (κ1) is 22.8. The zero-order chi connectivity index (χ0) is 23.0. The lowest BCUT2D eigenvalue weighted by Crippen LogP contribution is -2.50. The minimum Gasteiger partial charge on any atom is -0.477 e. The van der Waals surface area contributed by atoms with Crippen molar-refractivity contribution in [1.29, 1.82) is 0 Å². The van der Waals surface area contributed by atoms with Crippen molar-refractivity contribution in [2.24, 2.45) is 0 Å². The highest BCUT2D eigenvalue weighted by Gasteiger charge is 2.59. The Balaban J connectivity index is 2.09. The van der Waals surface area contributed by atoms with Gasteiger partial charge in [-0.15, -0.1) is 24.5 Å². The molecule has 1 aromatic carbocycles. The van der Waals surface area contributed by atoms with Crippen molar-refractivity contribution in [3.8, 4) is 0 Å². The summed E-state index contributed by atoms with van der Waals surface area (Å²) in [4.78, 5) is 10.9. The maximum atomic E-state index is 15.4. The molecule has 0 bridgehead atoms. The molecule has 3 rings (SSSR count). The molecule has 0 saturated heterocycles. The SMILES string of the molecule is O=C(O)c1sccc1CNC1=C(F)C(F)=C(c2ccccc2)C(F)C1(F)OC(F)(F)F. The van der Waals surface area contributed by atoms with Gasteiger partial charge in [-0.25, -0.2) is 27.1 Å². The lowest BCUT2D eigenvalue weighted by molar-refractivity contribution is -0.391. The van der Waals surface area contributed by atoms with Crippen molar-refractivity contribution < 1.29 is 45.4 Å². The molecule has 166 valence electrons. The Morgan fingerprint density at radius 1 is 1.16 bits per heavy atom. The molecule has 1 heterocycles. The molecule has 0 aliphatic heterocycles. The predicted octanol–water partition coefficient (Wildman–Crippen LogP) is 5.65. The summed E-state index contributed by atoms with van der Waals surface area (Å²) < 4.78 is 102. The summed E-state index contributed by atoms with van der Waals surface area (Å²) in [5.41, 5.74) is -3.53. The number of halogens is 7. The Morgan fingerprint density at radius 3 is 2.39 bits per heavy atom. The van der Waals surface area contributed by atoms with E-state index < -0.39 is 53.8 Å². The highest BCUT2D eigenvalue weighted by Crippen LogP contribution is 2.48. The number of benzene rings is 1. The van der Waals surface area contributed by atoms with Gasteiger partial charge in [-0.3, -0.25) is 0 Å². The van der Waals surface area contributed by atoms with E-state index in [-0.39, 0.29) is 16.0 Å². The fourth-order valence-corrected chi connectivity index (χ4v) is 3.77. The summed E-state index contributed by atoms with van der Waals surface area (Å²) >= 11 is 0.742. The van der Waals surface area contributed by atoms with Gasteiger partial charge in [0.15, 0.2) is 17.8 Å². The summed E-state index contributed by atoms with van der Waals surface area (Å²) in [7, 11) is 0. The van der Waals surface area contributed by atoms with Crippen molar-refractivity contribution in [2.75, 3.05) is 0 Å². The third kappa shape index (κ3) is 4.44. The number of hydrogen-bond acceptors (Lipinski definition) is 4. The summed E-state index contributed by atoms with van der Waals surface area (Å²) in [5.74, 6) is -9.94. The van der Waals surface area contributed by atoms with Gasteiger partial charge in [0.25, 0.3) is 5.85 Å². The van der Waals surface area contributed by atoms with Crippen LogP contribution in [-0.4, -0.2) is 29.5 Å². The van der Waals surface area contributed by atoms with E-state index in [1.165, 1.54) is 29.6 Å². The van der Waals surface area contributed by atoms with Gasteiger partial charge >= 0.3 is 12.3 Å². The van der Waals surface area contributed by atoms with E-state index in [0.29, 0.717) is 0 Å². The first-order chi connectivity index (χ1) is 14.5. The summed E-state index contributed by atoms with van der Waals surface area (Å²) in [5, 5.41) is 12.2. The van der Waals surface area contributed by atoms with Crippen LogP contribution >= 0.6 is 11.3 Å². The van der Waals surface area contributed by atoms with Crippen LogP contribution in [0.15, 0.2) is 59.1 Å². The van der Waals surface area contributed by atoms with Gasteiger partial charge in [-0.2, -0.15) is 0 Å². The van der Waals surface area contributed by atoms with Crippen LogP contribution in [0.3, 0.4) is 0 Å². The Bertz CT molecular complexity index is 1050. The number of carbonyl (C=O) groups is 1. The fourth-order valence-electron chi connectivity index (χ4n) is 3.01. The molecule has 1 aromatic heterocycles. The quantitative estimate of drug-likeness (QED) is 0.539. The van der Waals surface area contributed by atoms with E-state index >= 15 is 8.78 Å². The average molecular weight is 467 g/mol. The molecule has 2 unspecified atom stereocenters. The lowest BCUT2D eigenvalue weighted by atomic mass is 9.88. The third-order valence-corrected chi connectivity index (χ3v) is 5.26. The van der Waals surface area contributed by atoms with E-state index in [4.69, 9.17) is 5.11 Å². The third-order valence-electron chi connectivity index (χ3n) is 4.31. The Hall–Kier alpha value is -2.86. The van der Waals surface area contributed by atoms with Crippen LogP contribution < -0.4 is 5.32 Å². The minimum atomic E-state index is -5.75. The maximum Gasteiger partial charge on any atom is 0.525 e. The molecule has 1 aliphatic carbocycles. The molecule has 2 atom stereocenters. The number of rotatable bonds is 6. The number of ether oxygens (including phenoxy) is 1. The van der Waals surface area contributed by atoms with Gasteiger partial charge < -0.3 is 10.4 Å². The molecule has 31 heavy (non-hydrogen) atoms. The van der Waals surface area contributed by atoms with E-state index in [1.54, 1.807) is 0 Å². The first-order valence-corrected chi connectivity index (χ1v) is 9.32. The molecule has 1 aliphatic rings. The second-order valence-corrected chi connectivity index (χ2v) is 7.19. The molecule has 2 N–H and O–H groups in total. The van der Waals surface area contributed by atoms with Crippen molar-refractivity contribution in [3.63, 3.8) is 0 Å². The fraction of sp³-hybridized carbons (Fsp3) is 0.211. The summed E-state index contributed by atoms with van der Waals surface area (Å²) in [6.45, 7) is -0.735. The zero-order valence-corrected chi connectivity index (χ0v) is 16.0. The largest absolute Gasteiger partial charge is 0.525 e. The van der Waals surface area contributed by atoms with Crippen LogP contribution in [0.25, 0.3) is 5.57 Å². The number of hydrogen-bond donors (Lipinski definition) is 2. The van der Waals surface area contributed by atoms with Gasteiger partial charge in [0.1, 0.15) is 10.6 Å². The van der Waals surface area contributed by atoms with Gasteiger partial charge in [0.2, 0.25) is 0 Å². The highest BCUT2D eigenvalue weighted by molar-refractivity contribution is 7.12. The van der Waals surface area contributed by atoms with Crippen LogP contribution in [0.4, 0.5) is 30.7 Å². The standard InChI is InChI=1S/C19H12F7NO3S/c20-12-11(9-4-2-1-3-5-9)15(22)18(23,30-19(24,25)26)16(13(12)21)27-8-10-6-7-31-14(10)17(28)29/h1-7,15,27H,8H2,(H,28,29). The van der Waals surface area contributed by atoms with Crippen LogP contribution in [0, 0.1) is 0 Å². The first-order valence-electron chi connectivity index (χ1n) is 8.45. The van der Waals surface area contributed by atoms with Gasteiger partial charge in [-0.05, 0) is 22.6 Å². The maximum absolute atomic E-state index is 15.4. The lowest BCUT2D eigenvalue weighted by Gasteiger charge is -2.36. The van der Waals surface area contributed by atoms with Crippen molar-refractivity contribution in [2.45, 2.75) is 24.9 Å². The second kappa shape index (κ2) is 8.35. The molecule has 0 fully saturated rings. The number of aromatic carboxylic acids is 1. The Morgan fingerprint density at radius 2 is 1.81 bits per heavy atom. The molecule has 12 heteroatoms. The van der Waals surface area contributed by atoms with E-state index in [0.717, 1.165) is 23.5 Å². The number of carboxylic acid groups (broad SMARTS) is 1. The highest BCUT2D eigenvalue weighted by atomic mass is 32.1. The van der Waals surface area contributed by atoms with Gasteiger partial charge in [0, 0.05) is 12.1 Å². The van der Waals surface area contributed by atoms with Crippen molar-refractivity contribution >= 4 is 22.9 Å². The molecular weight excluding hydrogens is 455 g/mol.